The van der Waals surface area contributed by atoms with E-state index in [1.54, 1.807) is 13.2 Å². The van der Waals surface area contributed by atoms with E-state index in [4.69, 9.17) is 16.4 Å². The van der Waals surface area contributed by atoms with Gasteiger partial charge in [-0.25, -0.2) is 0 Å². The van der Waals surface area contributed by atoms with E-state index < -0.39 is 0 Å². The largest absolute Gasteiger partial charge is 0.496 e. The van der Waals surface area contributed by atoms with Crippen LogP contribution in [-0.2, 0) is 6.54 Å². The van der Waals surface area contributed by atoms with E-state index in [1.165, 1.54) is 0 Å². The number of hydrogen-bond acceptors (Lipinski definition) is 3. The van der Waals surface area contributed by atoms with Gasteiger partial charge >= 0.3 is 0 Å². The third kappa shape index (κ3) is 3.80. The third-order valence-corrected chi connectivity index (χ3v) is 2.85. The molecule has 0 saturated heterocycles. The maximum Gasteiger partial charge on any atom is 0.123 e. The van der Waals surface area contributed by atoms with Gasteiger partial charge in [-0.1, -0.05) is 6.92 Å². The maximum atomic E-state index is 8.90. The van der Waals surface area contributed by atoms with E-state index in [2.05, 4.69) is 24.2 Å². The summed E-state index contributed by atoms with van der Waals surface area (Å²) in [5.74, 6) is 3.45. The van der Waals surface area contributed by atoms with Crippen molar-refractivity contribution in [3.63, 3.8) is 0 Å². The van der Waals surface area contributed by atoms with Crippen molar-refractivity contribution in [1.82, 2.24) is 5.32 Å². The standard InChI is InChI=1S/C15H18N2O/c1-4-6-14(5-2)17-11-13-9-12(10-16)7-8-15(13)18-3/h1,7-9,14,17H,5-6,11H2,2-3H3. The highest BCUT2D eigenvalue weighted by atomic mass is 16.5. The molecule has 0 bridgehead atoms. The Balaban J connectivity index is 2.77. The molecule has 0 radical (unpaired) electrons. The summed E-state index contributed by atoms with van der Waals surface area (Å²) in [5.41, 5.74) is 1.62. The minimum absolute atomic E-state index is 0.297. The molecule has 0 aliphatic carbocycles. The van der Waals surface area contributed by atoms with Gasteiger partial charge in [0.15, 0.2) is 0 Å². The summed E-state index contributed by atoms with van der Waals surface area (Å²) >= 11 is 0. The fourth-order valence-corrected chi connectivity index (χ4v) is 1.74. The first-order valence-electron chi connectivity index (χ1n) is 5.99. The molecule has 1 aromatic rings. The first-order chi connectivity index (χ1) is 8.74. The number of rotatable bonds is 6. The molecule has 0 fully saturated rings. The predicted octanol–water partition coefficient (Wildman–Crippen LogP) is 2.46. The summed E-state index contributed by atoms with van der Waals surface area (Å²) < 4.78 is 5.28. The fraction of sp³-hybridized carbons (Fsp3) is 0.400. The second-order valence-corrected chi connectivity index (χ2v) is 4.03. The summed E-state index contributed by atoms with van der Waals surface area (Å²) in [6.45, 7) is 2.75. The van der Waals surface area contributed by atoms with Crippen molar-refractivity contribution >= 4 is 0 Å². The predicted molar refractivity (Wildman–Crippen MR) is 72.1 cm³/mol. The molecule has 0 heterocycles. The zero-order valence-corrected chi connectivity index (χ0v) is 10.9. The molecule has 0 aliphatic heterocycles. The van der Waals surface area contributed by atoms with Crippen LogP contribution < -0.4 is 10.1 Å². The molecule has 1 N–H and O–H groups in total. The van der Waals surface area contributed by atoms with Crippen LogP contribution in [0.1, 0.15) is 30.9 Å². The Kier molecular flexibility index (Phi) is 5.77. The van der Waals surface area contributed by atoms with Gasteiger partial charge in [-0.3, -0.25) is 0 Å². The van der Waals surface area contributed by atoms with Crippen LogP contribution in [0.5, 0.6) is 5.75 Å². The van der Waals surface area contributed by atoms with Gasteiger partial charge in [-0.2, -0.15) is 5.26 Å². The topological polar surface area (TPSA) is 45.0 Å². The molecule has 94 valence electrons. The smallest absolute Gasteiger partial charge is 0.123 e. The van der Waals surface area contributed by atoms with Crippen molar-refractivity contribution in [1.29, 1.82) is 5.26 Å². The first kappa shape index (κ1) is 14.1. The van der Waals surface area contributed by atoms with Crippen molar-refractivity contribution in [2.45, 2.75) is 32.4 Å². The average molecular weight is 242 g/mol. The lowest BCUT2D eigenvalue weighted by Gasteiger charge is -2.16. The molecule has 1 rings (SSSR count). The molecule has 0 saturated carbocycles. The lowest BCUT2D eigenvalue weighted by molar-refractivity contribution is 0.404. The Bertz CT molecular complexity index is 468. The molecule has 0 aliphatic rings. The number of nitriles is 1. The molecule has 0 spiro atoms. The number of hydrogen-bond donors (Lipinski definition) is 1. The lowest BCUT2D eigenvalue weighted by Crippen LogP contribution is -2.27. The van der Waals surface area contributed by atoms with Crippen molar-refractivity contribution in [2.75, 3.05) is 7.11 Å². The summed E-state index contributed by atoms with van der Waals surface area (Å²) in [5, 5.41) is 12.3. The van der Waals surface area contributed by atoms with Crippen LogP contribution in [0.25, 0.3) is 0 Å². The summed E-state index contributed by atoms with van der Waals surface area (Å²) in [7, 11) is 1.63. The Hall–Kier alpha value is -1.97. The van der Waals surface area contributed by atoms with Crippen molar-refractivity contribution < 1.29 is 4.74 Å². The molecule has 1 unspecified atom stereocenters. The van der Waals surface area contributed by atoms with Crippen LogP contribution in [0, 0.1) is 23.7 Å². The van der Waals surface area contributed by atoms with Gasteiger partial charge in [-0.15, -0.1) is 12.3 Å². The van der Waals surface area contributed by atoms with Gasteiger partial charge in [0.2, 0.25) is 0 Å². The molecular formula is C15H18N2O. The van der Waals surface area contributed by atoms with Gasteiger partial charge in [0.1, 0.15) is 5.75 Å². The van der Waals surface area contributed by atoms with E-state index in [0.29, 0.717) is 24.6 Å². The molecule has 1 atom stereocenters. The van der Waals surface area contributed by atoms with Crippen LogP contribution in [0.4, 0.5) is 0 Å². The van der Waals surface area contributed by atoms with Crippen LogP contribution in [0.2, 0.25) is 0 Å². The minimum atomic E-state index is 0.297. The fourth-order valence-electron chi connectivity index (χ4n) is 1.74. The highest BCUT2D eigenvalue weighted by Crippen LogP contribution is 2.19. The SMILES string of the molecule is C#CCC(CC)NCc1cc(C#N)ccc1OC. The molecule has 1 aromatic carbocycles. The minimum Gasteiger partial charge on any atom is -0.496 e. The van der Waals surface area contributed by atoms with E-state index in [0.717, 1.165) is 17.7 Å². The molecule has 18 heavy (non-hydrogen) atoms. The highest BCUT2D eigenvalue weighted by Gasteiger charge is 2.08. The maximum absolute atomic E-state index is 8.90. The lowest BCUT2D eigenvalue weighted by atomic mass is 10.1. The molecule has 0 amide bonds. The third-order valence-electron chi connectivity index (χ3n) is 2.85. The average Bonchev–Trinajstić information content (AvgIpc) is 2.43. The van der Waals surface area contributed by atoms with E-state index in [-0.39, 0.29) is 0 Å². The number of methoxy groups -OCH3 is 1. The van der Waals surface area contributed by atoms with E-state index >= 15 is 0 Å². The number of nitrogens with one attached hydrogen (secondary N) is 1. The van der Waals surface area contributed by atoms with Gasteiger partial charge < -0.3 is 10.1 Å². The molecule has 3 nitrogen and oxygen atoms in total. The molecule has 3 heteroatoms. The van der Waals surface area contributed by atoms with E-state index in [1.807, 2.05) is 12.1 Å². The van der Waals surface area contributed by atoms with Gasteiger partial charge in [0.25, 0.3) is 0 Å². The number of terminal acetylenes is 1. The Labute approximate surface area is 109 Å². The zero-order chi connectivity index (χ0) is 13.4. The van der Waals surface area contributed by atoms with Crippen LogP contribution in [-0.4, -0.2) is 13.2 Å². The van der Waals surface area contributed by atoms with Crippen LogP contribution in [0.15, 0.2) is 18.2 Å². The van der Waals surface area contributed by atoms with Gasteiger partial charge in [0.05, 0.1) is 18.7 Å². The van der Waals surface area contributed by atoms with Gasteiger partial charge in [-0.05, 0) is 24.6 Å². The van der Waals surface area contributed by atoms with Crippen molar-refractivity contribution in [3.05, 3.63) is 29.3 Å². The normalized spacial score (nSPS) is 11.3. The summed E-state index contributed by atoms with van der Waals surface area (Å²) in [6.07, 6.45) is 7.00. The van der Waals surface area contributed by atoms with Crippen LogP contribution >= 0.6 is 0 Å². The number of benzene rings is 1. The number of nitrogens with zero attached hydrogens (tertiary/aromatic N) is 1. The highest BCUT2D eigenvalue weighted by molar-refractivity contribution is 5.42. The van der Waals surface area contributed by atoms with Gasteiger partial charge in [0, 0.05) is 24.6 Å². The zero-order valence-electron chi connectivity index (χ0n) is 10.9. The van der Waals surface area contributed by atoms with Crippen molar-refractivity contribution in [3.8, 4) is 24.2 Å². The Morgan fingerprint density at radius 3 is 2.83 bits per heavy atom. The summed E-state index contributed by atoms with van der Waals surface area (Å²) in [6, 6.07) is 7.84. The Morgan fingerprint density at radius 1 is 1.50 bits per heavy atom. The monoisotopic (exact) mass is 242 g/mol. The number of ether oxygens (including phenoxy) is 1. The first-order valence-corrected chi connectivity index (χ1v) is 5.99. The Morgan fingerprint density at radius 2 is 2.28 bits per heavy atom. The molecular weight excluding hydrogens is 224 g/mol. The molecule has 0 aromatic heterocycles. The second kappa shape index (κ2) is 7.37. The van der Waals surface area contributed by atoms with Crippen molar-refractivity contribution in [2.24, 2.45) is 0 Å². The quantitative estimate of drug-likeness (QED) is 0.779. The second-order valence-electron chi connectivity index (χ2n) is 4.03. The summed E-state index contributed by atoms with van der Waals surface area (Å²) in [4.78, 5) is 0. The van der Waals surface area contributed by atoms with E-state index in [9.17, 15) is 0 Å². The van der Waals surface area contributed by atoms with Crippen LogP contribution in [0.3, 0.4) is 0 Å².